The number of nitrogens with one attached hydrogen (secondary N) is 1. The Hall–Kier alpha value is -1.03. The first-order valence-corrected chi connectivity index (χ1v) is 6.60. The lowest BCUT2D eigenvalue weighted by molar-refractivity contribution is 0.269. The van der Waals surface area contributed by atoms with Crippen molar-refractivity contribution in [1.82, 2.24) is 14.5 Å². The molecule has 4 nitrogen and oxygen atoms in total. The van der Waals surface area contributed by atoms with Gasteiger partial charge in [-0.25, -0.2) is 4.98 Å². The number of aromatic nitrogens is 2. The fourth-order valence-electron chi connectivity index (χ4n) is 1.68. The molecule has 1 rings (SSSR count). The maximum atomic E-state index is 4.29. The van der Waals surface area contributed by atoms with Crippen LogP contribution >= 0.6 is 0 Å². The molecule has 0 amide bonds. The highest BCUT2D eigenvalue weighted by Crippen LogP contribution is 2.04. The summed E-state index contributed by atoms with van der Waals surface area (Å²) in [5.41, 5.74) is 0. The minimum atomic E-state index is 0.641. The number of unbranched alkanes of at least 4 members (excludes halogenated alkanes) is 1. The molecule has 4 heteroatoms. The third-order valence-electron chi connectivity index (χ3n) is 3.16. The predicted molar refractivity (Wildman–Crippen MR) is 73.4 cm³/mol. The summed E-state index contributed by atoms with van der Waals surface area (Å²) in [5, 5.41) is 3.38. The Kier molecular flexibility index (Phi) is 6.05. The van der Waals surface area contributed by atoms with Crippen molar-refractivity contribution in [2.45, 2.75) is 46.2 Å². The van der Waals surface area contributed by atoms with Crippen LogP contribution in [0.5, 0.6) is 0 Å². The molecular weight excluding hydrogens is 212 g/mol. The van der Waals surface area contributed by atoms with Gasteiger partial charge in [-0.3, -0.25) is 0 Å². The average Bonchev–Trinajstić information content (AvgIpc) is 2.75. The Morgan fingerprint density at radius 3 is 2.82 bits per heavy atom. The number of hydrogen-bond acceptors (Lipinski definition) is 3. The van der Waals surface area contributed by atoms with Gasteiger partial charge >= 0.3 is 0 Å². The van der Waals surface area contributed by atoms with Crippen LogP contribution in [0.15, 0.2) is 12.4 Å². The van der Waals surface area contributed by atoms with E-state index in [1.807, 2.05) is 12.4 Å². The lowest BCUT2D eigenvalue weighted by atomic mass is 10.2. The first-order valence-electron chi connectivity index (χ1n) is 6.60. The third-order valence-corrected chi connectivity index (χ3v) is 3.16. The van der Waals surface area contributed by atoms with Crippen molar-refractivity contribution >= 4 is 5.95 Å². The summed E-state index contributed by atoms with van der Waals surface area (Å²) in [7, 11) is 2.18. The Bertz CT molecular complexity index is 306. The zero-order valence-corrected chi connectivity index (χ0v) is 11.6. The number of hydrogen-bond donors (Lipinski definition) is 1. The first-order chi connectivity index (χ1) is 8.15. The molecule has 0 fully saturated rings. The number of nitrogens with zero attached hydrogens (tertiary/aromatic N) is 3. The molecule has 0 saturated heterocycles. The third kappa shape index (κ3) is 4.77. The predicted octanol–water partition coefficient (Wildman–Crippen LogP) is 2.44. The number of rotatable bonds is 8. The summed E-state index contributed by atoms with van der Waals surface area (Å²) in [6, 6.07) is 0.641. The quantitative estimate of drug-likeness (QED) is 0.706. The van der Waals surface area contributed by atoms with Gasteiger partial charge in [0.2, 0.25) is 5.95 Å². The molecule has 0 spiro atoms. The highest BCUT2D eigenvalue weighted by molar-refractivity contribution is 5.25. The van der Waals surface area contributed by atoms with Crippen molar-refractivity contribution in [1.29, 1.82) is 0 Å². The maximum Gasteiger partial charge on any atom is 0.202 e. The topological polar surface area (TPSA) is 33.1 Å². The number of aryl methyl sites for hydroxylation is 1. The SMILES string of the molecule is CCn1ccnc1NCCCCN(C)C(C)C. The van der Waals surface area contributed by atoms with Crippen molar-refractivity contribution in [3.8, 4) is 0 Å². The molecule has 0 radical (unpaired) electrons. The van der Waals surface area contributed by atoms with Gasteiger partial charge in [-0.05, 0) is 47.2 Å². The summed E-state index contributed by atoms with van der Waals surface area (Å²) in [4.78, 5) is 6.67. The van der Waals surface area contributed by atoms with E-state index >= 15 is 0 Å². The Labute approximate surface area is 105 Å². The summed E-state index contributed by atoms with van der Waals surface area (Å²) in [6.45, 7) is 9.74. The lowest BCUT2D eigenvalue weighted by Crippen LogP contribution is -2.27. The fraction of sp³-hybridized carbons (Fsp3) is 0.769. The second-order valence-electron chi connectivity index (χ2n) is 4.75. The normalized spacial score (nSPS) is 11.4. The standard InChI is InChI=1S/C13H26N4/c1-5-17-11-9-15-13(17)14-8-6-7-10-16(4)12(2)3/h9,11-12H,5-8,10H2,1-4H3,(H,14,15). The largest absolute Gasteiger partial charge is 0.356 e. The van der Waals surface area contributed by atoms with Gasteiger partial charge in [0.1, 0.15) is 0 Å². The van der Waals surface area contributed by atoms with E-state index in [0.717, 1.165) is 19.0 Å². The van der Waals surface area contributed by atoms with Crippen molar-refractivity contribution in [2.75, 3.05) is 25.5 Å². The van der Waals surface area contributed by atoms with Gasteiger partial charge in [0.05, 0.1) is 0 Å². The van der Waals surface area contributed by atoms with Crippen LogP contribution in [-0.4, -0.2) is 40.6 Å². The molecule has 1 aromatic rings. The van der Waals surface area contributed by atoms with Crippen LogP contribution in [0.2, 0.25) is 0 Å². The second kappa shape index (κ2) is 7.33. The molecular formula is C13H26N4. The van der Waals surface area contributed by atoms with Crippen molar-refractivity contribution < 1.29 is 0 Å². The highest BCUT2D eigenvalue weighted by Gasteiger charge is 2.02. The van der Waals surface area contributed by atoms with Crippen LogP contribution in [0.1, 0.15) is 33.6 Å². The molecule has 1 aromatic heterocycles. The molecule has 0 aromatic carbocycles. The van der Waals surface area contributed by atoms with Crippen LogP contribution < -0.4 is 5.32 Å². The zero-order valence-electron chi connectivity index (χ0n) is 11.6. The molecule has 17 heavy (non-hydrogen) atoms. The van der Waals surface area contributed by atoms with E-state index in [1.54, 1.807) is 0 Å². The minimum absolute atomic E-state index is 0.641. The van der Waals surface area contributed by atoms with E-state index in [4.69, 9.17) is 0 Å². The van der Waals surface area contributed by atoms with E-state index in [1.165, 1.54) is 19.4 Å². The van der Waals surface area contributed by atoms with E-state index in [2.05, 4.69) is 47.6 Å². The summed E-state index contributed by atoms with van der Waals surface area (Å²) in [5.74, 6) is 0.990. The Morgan fingerprint density at radius 2 is 2.18 bits per heavy atom. The Balaban J connectivity index is 2.12. The van der Waals surface area contributed by atoms with Gasteiger partial charge in [0.15, 0.2) is 0 Å². The average molecular weight is 238 g/mol. The summed E-state index contributed by atoms with van der Waals surface area (Å²) < 4.78 is 2.13. The van der Waals surface area contributed by atoms with Gasteiger partial charge in [0.25, 0.3) is 0 Å². The molecule has 1 heterocycles. The molecule has 0 atom stereocenters. The molecule has 0 aliphatic heterocycles. The molecule has 0 unspecified atom stereocenters. The van der Waals surface area contributed by atoms with Crippen LogP contribution in [0.3, 0.4) is 0 Å². The van der Waals surface area contributed by atoms with Gasteiger partial charge in [0, 0.05) is 31.5 Å². The molecule has 0 saturated carbocycles. The van der Waals surface area contributed by atoms with Crippen LogP contribution in [0.25, 0.3) is 0 Å². The van der Waals surface area contributed by atoms with Gasteiger partial charge in [-0.2, -0.15) is 0 Å². The van der Waals surface area contributed by atoms with Crippen LogP contribution in [0.4, 0.5) is 5.95 Å². The molecule has 0 aliphatic rings. The number of anilines is 1. The van der Waals surface area contributed by atoms with Gasteiger partial charge < -0.3 is 14.8 Å². The van der Waals surface area contributed by atoms with E-state index in [-0.39, 0.29) is 0 Å². The van der Waals surface area contributed by atoms with Gasteiger partial charge in [-0.1, -0.05) is 0 Å². The van der Waals surface area contributed by atoms with Crippen molar-refractivity contribution in [2.24, 2.45) is 0 Å². The van der Waals surface area contributed by atoms with Crippen molar-refractivity contribution in [3.05, 3.63) is 12.4 Å². The smallest absolute Gasteiger partial charge is 0.202 e. The van der Waals surface area contributed by atoms with Gasteiger partial charge in [-0.15, -0.1) is 0 Å². The maximum absolute atomic E-state index is 4.29. The zero-order chi connectivity index (χ0) is 12.7. The van der Waals surface area contributed by atoms with E-state index in [9.17, 15) is 0 Å². The highest BCUT2D eigenvalue weighted by atomic mass is 15.2. The number of imidazole rings is 1. The summed E-state index contributed by atoms with van der Waals surface area (Å²) in [6.07, 6.45) is 6.27. The lowest BCUT2D eigenvalue weighted by Gasteiger charge is -2.20. The first kappa shape index (κ1) is 14.0. The fourth-order valence-corrected chi connectivity index (χ4v) is 1.68. The molecule has 0 aliphatic carbocycles. The van der Waals surface area contributed by atoms with Crippen LogP contribution in [0, 0.1) is 0 Å². The van der Waals surface area contributed by atoms with E-state index in [0.29, 0.717) is 6.04 Å². The van der Waals surface area contributed by atoms with E-state index < -0.39 is 0 Å². The van der Waals surface area contributed by atoms with Crippen molar-refractivity contribution in [3.63, 3.8) is 0 Å². The summed E-state index contributed by atoms with van der Waals surface area (Å²) >= 11 is 0. The molecule has 0 bridgehead atoms. The molecule has 98 valence electrons. The molecule has 1 N–H and O–H groups in total. The second-order valence-corrected chi connectivity index (χ2v) is 4.75. The van der Waals surface area contributed by atoms with Crippen LogP contribution in [-0.2, 0) is 6.54 Å². The Morgan fingerprint density at radius 1 is 1.41 bits per heavy atom. The monoisotopic (exact) mass is 238 g/mol. The minimum Gasteiger partial charge on any atom is -0.356 e.